The summed E-state index contributed by atoms with van der Waals surface area (Å²) in [5, 5.41) is 3.01. The van der Waals surface area contributed by atoms with E-state index >= 15 is 0 Å². The molecular formula is C36H40FN3O4S. The van der Waals surface area contributed by atoms with Crippen LogP contribution in [0.5, 0.6) is 0 Å². The van der Waals surface area contributed by atoms with Gasteiger partial charge in [-0.1, -0.05) is 79.2 Å². The van der Waals surface area contributed by atoms with Crippen LogP contribution in [-0.4, -0.2) is 43.8 Å². The third kappa shape index (κ3) is 8.79. The predicted octanol–water partition coefficient (Wildman–Crippen LogP) is 6.19. The molecular weight excluding hydrogens is 589 g/mol. The Morgan fingerprint density at radius 2 is 1.49 bits per heavy atom. The molecule has 0 aliphatic carbocycles. The number of carbonyl (C=O) groups is 2. The van der Waals surface area contributed by atoms with E-state index in [4.69, 9.17) is 0 Å². The van der Waals surface area contributed by atoms with E-state index in [-0.39, 0.29) is 29.8 Å². The highest BCUT2D eigenvalue weighted by Gasteiger charge is 2.35. The number of halogens is 1. The van der Waals surface area contributed by atoms with Gasteiger partial charge >= 0.3 is 0 Å². The van der Waals surface area contributed by atoms with Crippen LogP contribution in [0.2, 0.25) is 0 Å². The van der Waals surface area contributed by atoms with Crippen LogP contribution in [-0.2, 0) is 32.6 Å². The van der Waals surface area contributed by atoms with Crippen molar-refractivity contribution in [3.63, 3.8) is 0 Å². The number of benzene rings is 4. The maximum atomic E-state index is 14.5. The Morgan fingerprint density at radius 1 is 0.822 bits per heavy atom. The third-order valence-corrected chi connectivity index (χ3v) is 9.50. The molecule has 9 heteroatoms. The van der Waals surface area contributed by atoms with Gasteiger partial charge in [0.2, 0.25) is 11.8 Å². The molecule has 236 valence electrons. The number of hydrogen-bond donors (Lipinski definition) is 1. The van der Waals surface area contributed by atoms with Crippen molar-refractivity contribution >= 4 is 27.5 Å². The van der Waals surface area contributed by atoms with Gasteiger partial charge in [0.05, 0.1) is 10.6 Å². The van der Waals surface area contributed by atoms with Crippen molar-refractivity contribution in [1.29, 1.82) is 0 Å². The van der Waals surface area contributed by atoms with Crippen LogP contribution in [0.15, 0.2) is 108 Å². The molecule has 4 rings (SSSR count). The van der Waals surface area contributed by atoms with Gasteiger partial charge < -0.3 is 10.2 Å². The third-order valence-electron chi connectivity index (χ3n) is 7.72. The van der Waals surface area contributed by atoms with Crippen LogP contribution in [0.4, 0.5) is 10.1 Å². The van der Waals surface area contributed by atoms with Gasteiger partial charge in [-0.2, -0.15) is 0 Å². The van der Waals surface area contributed by atoms with Crippen molar-refractivity contribution in [3.05, 3.63) is 131 Å². The van der Waals surface area contributed by atoms with Gasteiger partial charge in [-0.3, -0.25) is 13.9 Å². The van der Waals surface area contributed by atoms with Crippen LogP contribution in [0.25, 0.3) is 0 Å². The summed E-state index contributed by atoms with van der Waals surface area (Å²) in [5.41, 5.74) is 3.48. The lowest BCUT2D eigenvalue weighted by molar-refractivity contribution is -0.140. The van der Waals surface area contributed by atoms with Crippen LogP contribution in [0, 0.1) is 19.7 Å². The van der Waals surface area contributed by atoms with E-state index in [2.05, 4.69) is 5.32 Å². The van der Waals surface area contributed by atoms with Crippen LogP contribution < -0.4 is 9.62 Å². The highest BCUT2D eigenvalue weighted by atomic mass is 32.2. The summed E-state index contributed by atoms with van der Waals surface area (Å²) < 4.78 is 43.2. The van der Waals surface area contributed by atoms with Crippen molar-refractivity contribution < 1.29 is 22.4 Å². The molecule has 0 unspecified atom stereocenters. The summed E-state index contributed by atoms with van der Waals surface area (Å²) in [5.74, 6) is -1.36. The Bertz CT molecular complexity index is 1690. The molecule has 0 heterocycles. The SMILES string of the molecule is CC[C@@H](C)NC(=O)[C@@H](Cc1ccccc1)N(Cc1ccc(F)cc1)C(=O)CN(c1cccc(C)c1)S(=O)(=O)c1ccc(C)cc1. The molecule has 4 aromatic rings. The fourth-order valence-electron chi connectivity index (χ4n) is 4.93. The highest BCUT2D eigenvalue weighted by Crippen LogP contribution is 2.26. The normalized spacial score (nSPS) is 12.6. The van der Waals surface area contributed by atoms with Gasteiger partial charge in [0, 0.05) is 19.0 Å². The first-order chi connectivity index (χ1) is 21.5. The molecule has 2 amide bonds. The Labute approximate surface area is 265 Å². The fraction of sp³-hybridized carbons (Fsp3) is 0.278. The lowest BCUT2D eigenvalue weighted by Crippen LogP contribution is -2.54. The average Bonchev–Trinajstić information content (AvgIpc) is 3.02. The predicted molar refractivity (Wildman–Crippen MR) is 176 cm³/mol. The molecule has 1 N–H and O–H groups in total. The average molecular weight is 630 g/mol. The Balaban J connectivity index is 1.80. The Morgan fingerprint density at radius 3 is 2.11 bits per heavy atom. The van der Waals surface area contributed by atoms with Gasteiger partial charge in [0.25, 0.3) is 10.0 Å². The highest BCUT2D eigenvalue weighted by molar-refractivity contribution is 7.92. The first kappa shape index (κ1) is 33.4. The largest absolute Gasteiger partial charge is 0.352 e. The van der Waals surface area contributed by atoms with Gasteiger partial charge in [0.1, 0.15) is 18.4 Å². The Kier molecular flexibility index (Phi) is 11.1. The number of sulfonamides is 1. The lowest BCUT2D eigenvalue weighted by atomic mass is 10.0. The number of aryl methyl sites for hydroxylation is 2. The zero-order chi connectivity index (χ0) is 32.6. The smallest absolute Gasteiger partial charge is 0.264 e. The summed E-state index contributed by atoms with van der Waals surface area (Å²) in [6.07, 6.45) is 0.886. The Hall–Kier alpha value is -4.50. The van der Waals surface area contributed by atoms with Gasteiger partial charge in [0.15, 0.2) is 0 Å². The molecule has 0 spiro atoms. The number of nitrogens with one attached hydrogen (secondary N) is 1. The molecule has 0 aliphatic rings. The zero-order valence-electron chi connectivity index (χ0n) is 26.1. The lowest BCUT2D eigenvalue weighted by Gasteiger charge is -2.34. The van der Waals surface area contributed by atoms with Gasteiger partial charge in [-0.25, -0.2) is 12.8 Å². The number of hydrogen-bond acceptors (Lipinski definition) is 4. The van der Waals surface area contributed by atoms with E-state index in [0.29, 0.717) is 17.7 Å². The summed E-state index contributed by atoms with van der Waals surface area (Å²) in [6.45, 7) is 6.96. The van der Waals surface area contributed by atoms with Crippen molar-refractivity contribution in [3.8, 4) is 0 Å². The minimum absolute atomic E-state index is 0.0310. The van der Waals surface area contributed by atoms with Crippen molar-refractivity contribution in [2.75, 3.05) is 10.8 Å². The first-order valence-corrected chi connectivity index (χ1v) is 16.5. The molecule has 4 aromatic carbocycles. The van der Waals surface area contributed by atoms with E-state index in [1.54, 1.807) is 42.5 Å². The molecule has 0 fully saturated rings. The van der Waals surface area contributed by atoms with Crippen molar-refractivity contribution in [1.82, 2.24) is 10.2 Å². The molecule has 2 atom stereocenters. The number of nitrogens with zero attached hydrogens (tertiary/aromatic N) is 2. The fourth-order valence-corrected chi connectivity index (χ4v) is 6.34. The molecule has 0 bridgehead atoms. The molecule has 0 aliphatic heterocycles. The molecule has 0 saturated carbocycles. The summed E-state index contributed by atoms with van der Waals surface area (Å²) >= 11 is 0. The number of amides is 2. The van der Waals surface area contributed by atoms with Gasteiger partial charge in [-0.05, 0) is 80.3 Å². The van der Waals surface area contributed by atoms with E-state index < -0.39 is 34.3 Å². The summed E-state index contributed by atoms with van der Waals surface area (Å²) in [4.78, 5) is 29.8. The van der Waals surface area contributed by atoms with E-state index in [1.165, 1.54) is 29.2 Å². The van der Waals surface area contributed by atoms with Crippen LogP contribution in [0.3, 0.4) is 0 Å². The molecule has 0 radical (unpaired) electrons. The zero-order valence-corrected chi connectivity index (χ0v) is 26.9. The molecule has 0 saturated heterocycles. The van der Waals surface area contributed by atoms with E-state index in [1.807, 2.05) is 64.1 Å². The second-order valence-corrected chi connectivity index (χ2v) is 13.2. The minimum atomic E-state index is -4.19. The number of carbonyl (C=O) groups excluding carboxylic acids is 2. The molecule has 0 aromatic heterocycles. The summed E-state index contributed by atoms with van der Waals surface area (Å²) in [6, 6.07) is 27.3. The monoisotopic (exact) mass is 629 g/mol. The second kappa shape index (κ2) is 15.0. The number of anilines is 1. The number of rotatable bonds is 13. The maximum Gasteiger partial charge on any atom is 0.264 e. The second-order valence-electron chi connectivity index (χ2n) is 11.3. The van der Waals surface area contributed by atoms with Gasteiger partial charge in [-0.15, -0.1) is 0 Å². The van der Waals surface area contributed by atoms with E-state index in [0.717, 1.165) is 21.0 Å². The topological polar surface area (TPSA) is 86.8 Å². The van der Waals surface area contributed by atoms with Crippen LogP contribution in [0.1, 0.15) is 42.5 Å². The molecule has 45 heavy (non-hydrogen) atoms. The first-order valence-electron chi connectivity index (χ1n) is 15.0. The van der Waals surface area contributed by atoms with Crippen molar-refractivity contribution in [2.24, 2.45) is 0 Å². The van der Waals surface area contributed by atoms with E-state index in [9.17, 15) is 22.4 Å². The standard InChI is InChI=1S/C36H40FN3O4S/c1-5-28(4)38-36(42)34(23-29-11-7-6-8-12-29)39(24-30-16-18-31(37)19-17-30)35(41)25-40(32-13-9-10-27(3)22-32)45(43,44)33-20-14-26(2)15-21-33/h6-22,28,34H,5,23-25H2,1-4H3,(H,38,42)/t28-,34-/m1/s1. The van der Waals surface area contributed by atoms with Crippen molar-refractivity contribution in [2.45, 2.75) is 64.1 Å². The molecule has 7 nitrogen and oxygen atoms in total. The minimum Gasteiger partial charge on any atom is -0.352 e. The summed E-state index contributed by atoms with van der Waals surface area (Å²) in [7, 11) is -4.19. The maximum absolute atomic E-state index is 14.5. The quantitative estimate of drug-likeness (QED) is 0.191. The van der Waals surface area contributed by atoms with Crippen LogP contribution >= 0.6 is 0 Å².